The Hall–Kier alpha value is -2.37. The standard InChI is InChI=1S/C23H30N2O3/c1-27-21-11-8-19(9-12-21)10-13-23(26)24-14-5-15-25-16-17-28-22(18-25)20-6-3-2-4-7-20/h2-4,6-9,11-12,22H,5,10,13-18H2,1H3,(H,24,26). The molecule has 0 aromatic heterocycles. The highest BCUT2D eigenvalue weighted by atomic mass is 16.5. The van der Waals surface area contributed by atoms with Gasteiger partial charge in [-0.05, 0) is 36.1 Å². The largest absolute Gasteiger partial charge is 0.497 e. The molecule has 1 aliphatic heterocycles. The lowest BCUT2D eigenvalue weighted by molar-refractivity contribution is -0.121. The first-order valence-electron chi connectivity index (χ1n) is 10.0. The van der Waals surface area contributed by atoms with Gasteiger partial charge in [-0.1, -0.05) is 42.5 Å². The number of nitrogens with zero attached hydrogens (tertiary/aromatic N) is 1. The highest BCUT2D eigenvalue weighted by molar-refractivity contribution is 5.76. The van der Waals surface area contributed by atoms with Crippen LogP contribution in [0.15, 0.2) is 54.6 Å². The lowest BCUT2D eigenvalue weighted by Gasteiger charge is -2.33. The maximum absolute atomic E-state index is 12.1. The average molecular weight is 383 g/mol. The normalized spacial score (nSPS) is 17.2. The van der Waals surface area contributed by atoms with E-state index < -0.39 is 0 Å². The molecular weight excluding hydrogens is 352 g/mol. The van der Waals surface area contributed by atoms with E-state index in [0.717, 1.165) is 56.9 Å². The fraction of sp³-hybridized carbons (Fsp3) is 0.435. The summed E-state index contributed by atoms with van der Waals surface area (Å²) in [5.74, 6) is 0.950. The molecule has 5 heteroatoms. The monoisotopic (exact) mass is 382 g/mol. The molecule has 28 heavy (non-hydrogen) atoms. The zero-order chi connectivity index (χ0) is 19.6. The van der Waals surface area contributed by atoms with Crippen molar-refractivity contribution >= 4 is 5.91 Å². The van der Waals surface area contributed by atoms with Gasteiger partial charge < -0.3 is 14.8 Å². The quantitative estimate of drug-likeness (QED) is 0.677. The summed E-state index contributed by atoms with van der Waals surface area (Å²) in [5.41, 5.74) is 2.38. The van der Waals surface area contributed by atoms with Crippen LogP contribution in [-0.4, -0.2) is 50.7 Å². The van der Waals surface area contributed by atoms with Crippen LogP contribution in [0.2, 0.25) is 0 Å². The number of ether oxygens (including phenoxy) is 2. The van der Waals surface area contributed by atoms with E-state index in [1.165, 1.54) is 5.56 Å². The molecule has 1 N–H and O–H groups in total. The number of rotatable bonds is 9. The second-order valence-corrected chi connectivity index (χ2v) is 7.12. The van der Waals surface area contributed by atoms with Crippen molar-refractivity contribution in [3.63, 3.8) is 0 Å². The summed E-state index contributed by atoms with van der Waals surface area (Å²) < 4.78 is 11.1. The fourth-order valence-corrected chi connectivity index (χ4v) is 3.44. The molecule has 0 bridgehead atoms. The zero-order valence-electron chi connectivity index (χ0n) is 16.6. The Balaban J connectivity index is 1.31. The topological polar surface area (TPSA) is 50.8 Å². The van der Waals surface area contributed by atoms with Crippen molar-refractivity contribution in [2.45, 2.75) is 25.4 Å². The van der Waals surface area contributed by atoms with Crippen molar-refractivity contribution in [3.8, 4) is 5.75 Å². The van der Waals surface area contributed by atoms with Gasteiger partial charge in [-0.25, -0.2) is 0 Å². The predicted octanol–water partition coefficient (Wildman–Crippen LogP) is 3.21. The molecule has 0 spiro atoms. The van der Waals surface area contributed by atoms with E-state index in [2.05, 4.69) is 34.5 Å². The van der Waals surface area contributed by atoms with E-state index in [-0.39, 0.29) is 12.0 Å². The summed E-state index contributed by atoms with van der Waals surface area (Å²) in [7, 11) is 1.65. The van der Waals surface area contributed by atoms with Crippen LogP contribution >= 0.6 is 0 Å². The van der Waals surface area contributed by atoms with Gasteiger partial charge in [-0.2, -0.15) is 0 Å². The van der Waals surface area contributed by atoms with E-state index in [1.54, 1.807) is 7.11 Å². The molecule has 3 rings (SSSR count). The molecule has 1 fully saturated rings. The van der Waals surface area contributed by atoms with Crippen molar-refractivity contribution < 1.29 is 14.3 Å². The number of morpholine rings is 1. The Bertz CT molecular complexity index is 718. The molecule has 150 valence electrons. The first kappa shape index (κ1) is 20.4. The number of carbonyl (C=O) groups excluding carboxylic acids is 1. The van der Waals surface area contributed by atoms with Crippen LogP contribution in [0.4, 0.5) is 0 Å². The SMILES string of the molecule is COc1ccc(CCC(=O)NCCCN2CCOC(c3ccccc3)C2)cc1. The first-order chi connectivity index (χ1) is 13.7. The third-order valence-corrected chi connectivity index (χ3v) is 5.10. The molecule has 1 atom stereocenters. The van der Waals surface area contributed by atoms with Crippen LogP contribution in [0.3, 0.4) is 0 Å². The molecule has 1 amide bonds. The summed E-state index contributed by atoms with van der Waals surface area (Å²) in [4.78, 5) is 14.5. The second kappa shape index (κ2) is 10.8. The molecule has 1 saturated heterocycles. The van der Waals surface area contributed by atoms with Gasteiger partial charge in [0.05, 0.1) is 19.8 Å². The predicted molar refractivity (Wildman–Crippen MR) is 111 cm³/mol. The van der Waals surface area contributed by atoms with Gasteiger partial charge in [0.25, 0.3) is 0 Å². The summed E-state index contributed by atoms with van der Waals surface area (Å²) in [6, 6.07) is 18.3. The second-order valence-electron chi connectivity index (χ2n) is 7.12. The Morgan fingerprint density at radius 1 is 1.18 bits per heavy atom. The number of methoxy groups -OCH3 is 1. The number of carbonyl (C=O) groups is 1. The Morgan fingerprint density at radius 2 is 1.96 bits per heavy atom. The maximum atomic E-state index is 12.1. The summed E-state index contributed by atoms with van der Waals surface area (Å²) in [6.07, 6.45) is 2.36. The van der Waals surface area contributed by atoms with Gasteiger partial charge in [0.1, 0.15) is 5.75 Å². The highest BCUT2D eigenvalue weighted by Gasteiger charge is 2.21. The number of benzene rings is 2. The summed E-state index contributed by atoms with van der Waals surface area (Å²) in [5, 5.41) is 3.04. The average Bonchev–Trinajstić information content (AvgIpc) is 2.76. The Morgan fingerprint density at radius 3 is 2.71 bits per heavy atom. The zero-order valence-corrected chi connectivity index (χ0v) is 16.6. The number of hydrogen-bond acceptors (Lipinski definition) is 4. The fourth-order valence-electron chi connectivity index (χ4n) is 3.44. The van der Waals surface area contributed by atoms with Crippen LogP contribution in [0.25, 0.3) is 0 Å². The van der Waals surface area contributed by atoms with Crippen LogP contribution in [0.1, 0.15) is 30.1 Å². The van der Waals surface area contributed by atoms with Gasteiger partial charge in [0.2, 0.25) is 5.91 Å². The molecule has 0 radical (unpaired) electrons. The summed E-state index contributed by atoms with van der Waals surface area (Å²) >= 11 is 0. The van der Waals surface area contributed by atoms with Crippen molar-refractivity contribution in [2.75, 3.05) is 39.9 Å². The molecule has 1 heterocycles. The van der Waals surface area contributed by atoms with Crippen molar-refractivity contribution in [1.29, 1.82) is 0 Å². The van der Waals surface area contributed by atoms with Gasteiger partial charge >= 0.3 is 0 Å². The molecule has 0 aliphatic carbocycles. The number of nitrogens with one attached hydrogen (secondary N) is 1. The minimum Gasteiger partial charge on any atom is -0.497 e. The lowest BCUT2D eigenvalue weighted by atomic mass is 10.1. The molecule has 1 aliphatic rings. The molecule has 2 aromatic rings. The highest BCUT2D eigenvalue weighted by Crippen LogP contribution is 2.21. The maximum Gasteiger partial charge on any atom is 0.220 e. The van der Waals surface area contributed by atoms with Gasteiger partial charge in [-0.3, -0.25) is 9.69 Å². The van der Waals surface area contributed by atoms with Gasteiger partial charge in [0.15, 0.2) is 0 Å². The minimum absolute atomic E-state index is 0.111. The van der Waals surface area contributed by atoms with E-state index in [4.69, 9.17) is 9.47 Å². The van der Waals surface area contributed by atoms with Crippen molar-refractivity contribution in [3.05, 3.63) is 65.7 Å². The van der Waals surface area contributed by atoms with Crippen LogP contribution in [0.5, 0.6) is 5.75 Å². The van der Waals surface area contributed by atoms with Crippen molar-refractivity contribution in [2.24, 2.45) is 0 Å². The van der Waals surface area contributed by atoms with E-state index in [0.29, 0.717) is 6.42 Å². The van der Waals surface area contributed by atoms with Gasteiger partial charge in [0, 0.05) is 32.6 Å². The smallest absolute Gasteiger partial charge is 0.220 e. The molecule has 2 aromatic carbocycles. The van der Waals surface area contributed by atoms with E-state index in [9.17, 15) is 4.79 Å². The number of hydrogen-bond donors (Lipinski definition) is 1. The summed E-state index contributed by atoms with van der Waals surface area (Å²) in [6.45, 7) is 4.32. The minimum atomic E-state index is 0.111. The molecular formula is C23H30N2O3. The lowest BCUT2D eigenvalue weighted by Crippen LogP contribution is -2.39. The van der Waals surface area contributed by atoms with Crippen LogP contribution in [0, 0.1) is 0 Å². The molecule has 0 saturated carbocycles. The van der Waals surface area contributed by atoms with Gasteiger partial charge in [-0.15, -0.1) is 0 Å². The third-order valence-electron chi connectivity index (χ3n) is 5.10. The third kappa shape index (κ3) is 6.36. The Labute approximate surface area is 167 Å². The van der Waals surface area contributed by atoms with Crippen molar-refractivity contribution in [1.82, 2.24) is 10.2 Å². The van der Waals surface area contributed by atoms with Crippen LogP contribution < -0.4 is 10.1 Å². The number of amides is 1. The first-order valence-corrected chi connectivity index (χ1v) is 10.0. The van der Waals surface area contributed by atoms with E-state index >= 15 is 0 Å². The van der Waals surface area contributed by atoms with Crippen LogP contribution in [-0.2, 0) is 16.0 Å². The van der Waals surface area contributed by atoms with E-state index in [1.807, 2.05) is 30.3 Å². The number of aryl methyl sites for hydroxylation is 1. The molecule has 5 nitrogen and oxygen atoms in total. The molecule has 1 unspecified atom stereocenters. The Kier molecular flexibility index (Phi) is 7.88.